The van der Waals surface area contributed by atoms with Crippen molar-refractivity contribution in [2.24, 2.45) is 0 Å². The van der Waals surface area contributed by atoms with Gasteiger partial charge in [0.15, 0.2) is 5.82 Å². The molecule has 0 spiro atoms. The maximum Gasteiger partial charge on any atom is 0.160 e. The van der Waals surface area contributed by atoms with Gasteiger partial charge in [0, 0.05) is 27.6 Å². The first kappa shape index (κ1) is 27.4. The molecular weight excluding hydrogens is 558 g/mol. The van der Waals surface area contributed by atoms with Crippen LogP contribution in [0.15, 0.2) is 176 Å². The van der Waals surface area contributed by atoms with Crippen molar-refractivity contribution in [3.63, 3.8) is 0 Å². The molecule has 0 saturated heterocycles. The molecule has 0 aliphatic heterocycles. The van der Waals surface area contributed by atoms with E-state index in [-0.39, 0.29) is 0 Å². The van der Waals surface area contributed by atoms with Gasteiger partial charge in [-0.1, -0.05) is 146 Å². The van der Waals surface area contributed by atoms with Crippen LogP contribution < -0.4 is 0 Å². The molecule has 0 aliphatic carbocycles. The highest BCUT2D eigenvalue weighted by Gasteiger charge is 2.14. The van der Waals surface area contributed by atoms with Crippen molar-refractivity contribution in [1.82, 2.24) is 15.0 Å². The predicted octanol–water partition coefficient (Wildman–Crippen LogP) is 11.0. The molecule has 0 radical (unpaired) electrons. The monoisotopic (exact) mass is 587 g/mol. The molecule has 3 heteroatoms. The van der Waals surface area contributed by atoms with Crippen molar-refractivity contribution < 1.29 is 0 Å². The average Bonchev–Trinajstić information content (AvgIpc) is 3.15. The lowest BCUT2D eigenvalue weighted by atomic mass is 9.94. The third kappa shape index (κ3) is 5.47. The van der Waals surface area contributed by atoms with Crippen LogP contribution in [0.3, 0.4) is 0 Å². The zero-order chi connectivity index (χ0) is 30.7. The summed E-state index contributed by atoms with van der Waals surface area (Å²) in [7, 11) is 0. The number of fused-ring (bicyclic) bond motifs is 1. The molecule has 6 aromatic carbocycles. The Morgan fingerprint density at radius 3 is 1.41 bits per heavy atom. The molecule has 0 unspecified atom stereocenters. The average molecular weight is 588 g/mol. The maximum atomic E-state index is 5.12. The van der Waals surface area contributed by atoms with E-state index in [4.69, 9.17) is 15.0 Å². The van der Waals surface area contributed by atoms with Gasteiger partial charge < -0.3 is 0 Å². The minimum Gasteiger partial charge on any atom is -0.248 e. The first-order valence-corrected chi connectivity index (χ1v) is 15.4. The van der Waals surface area contributed by atoms with Gasteiger partial charge >= 0.3 is 0 Å². The third-order valence-electron chi connectivity index (χ3n) is 8.28. The molecule has 8 aromatic rings. The van der Waals surface area contributed by atoms with Crippen LogP contribution >= 0.6 is 0 Å². The Labute approximate surface area is 268 Å². The van der Waals surface area contributed by atoms with Crippen LogP contribution in [-0.4, -0.2) is 15.0 Å². The Morgan fingerprint density at radius 2 is 0.783 bits per heavy atom. The van der Waals surface area contributed by atoms with E-state index in [9.17, 15) is 0 Å². The fraction of sp³-hybridized carbons (Fsp3) is 0. The van der Waals surface area contributed by atoms with Crippen molar-refractivity contribution >= 4 is 10.9 Å². The summed E-state index contributed by atoms with van der Waals surface area (Å²) >= 11 is 0. The lowest BCUT2D eigenvalue weighted by Gasteiger charge is -2.14. The second kappa shape index (κ2) is 12.1. The topological polar surface area (TPSA) is 38.7 Å². The van der Waals surface area contributed by atoms with E-state index in [1.165, 1.54) is 5.56 Å². The van der Waals surface area contributed by atoms with Crippen LogP contribution in [0.4, 0.5) is 0 Å². The number of hydrogen-bond donors (Lipinski definition) is 0. The van der Waals surface area contributed by atoms with E-state index in [1.807, 2.05) is 42.5 Å². The van der Waals surface area contributed by atoms with Gasteiger partial charge in [-0.25, -0.2) is 15.0 Å². The van der Waals surface area contributed by atoms with Crippen molar-refractivity contribution in [2.45, 2.75) is 0 Å². The summed E-state index contributed by atoms with van der Waals surface area (Å²) in [5.41, 5.74) is 12.4. The molecule has 46 heavy (non-hydrogen) atoms. The first-order chi connectivity index (χ1) is 22.8. The quantitative estimate of drug-likeness (QED) is 0.194. The van der Waals surface area contributed by atoms with E-state index in [0.29, 0.717) is 5.82 Å². The van der Waals surface area contributed by atoms with Gasteiger partial charge in [0.2, 0.25) is 0 Å². The predicted molar refractivity (Wildman–Crippen MR) is 190 cm³/mol. The molecule has 0 saturated carbocycles. The highest BCUT2D eigenvalue weighted by molar-refractivity contribution is 5.99. The molecule has 8 rings (SSSR count). The fourth-order valence-electron chi connectivity index (χ4n) is 5.95. The molecule has 0 bridgehead atoms. The number of nitrogens with zero attached hydrogens (tertiary/aromatic N) is 3. The van der Waals surface area contributed by atoms with Crippen LogP contribution in [0.1, 0.15) is 0 Å². The summed E-state index contributed by atoms with van der Waals surface area (Å²) in [5.74, 6) is 0.704. The normalized spacial score (nSPS) is 11.0. The summed E-state index contributed by atoms with van der Waals surface area (Å²) in [5, 5.41) is 1.11. The second-order valence-electron chi connectivity index (χ2n) is 11.3. The summed E-state index contributed by atoms with van der Waals surface area (Å²) in [4.78, 5) is 15.2. The molecule has 0 amide bonds. The number of benzene rings is 6. The van der Waals surface area contributed by atoms with Crippen molar-refractivity contribution in [3.8, 4) is 67.4 Å². The SMILES string of the molecule is c1ccc(-c2ccc3nc(-c4ccccc4)cc(-c4cccc(-c5cc(-c6ccccc6)nc(-c6ccccc6)n5)c4)c3c2)cc1. The van der Waals surface area contributed by atoms with Gasteiger partial charge in [-0.05, 0) is 52.6 Å². The first-order valence-electron chi connectivity index (χ1n) is 15.4. The summed E-state index contributed by atoms with van der Waals surface area (Å²) in [6.07, 6.45) is 0. The van der Waals surface area contributed by atoms with Crippen LogP contribution in [0, 0.1) is 0 Å². The summed E-state index contributed by atoms with van der Waals surface area (Å²) in [6.45, 7) is 0. The van der Waals surface area contributed by atoms with Gasteiger partial charge in [0.1, 0.15) is 0 Å². The van der Waals surface area contributed by atoms with E-state index in [2.05, 4.69) is 133 Å². The number of pyridine rings is 1. The van der Waals surface area contributed by atoms with E-state index in [0.717, 1.165) is 66.9 Å². The standard InChI is InChI=1S/C43H29N3/c1-5-14-30(15-6-1)34-24-25-39-38(27-34)37(28-40(44-39)31-16-7-2-8-17-31)35-22-13-23-36(26-35)42-29-41(32-18-9-3-10-19-32)45-43(46-42)33-20-11-4-12-21-33/h1-29H. The van der Waals surface area contributed by atoms with Crippen molar-refractivity contribution in [2.75, 3.05) is 0 Å². The molecule has 2 heterocycles. The Balaban J connectivity index is 1.32. The number of hydrogen-bond acceptors (Lipinski definition) is 3. The van der Waals surface area contributed by atoms with Gasteiger partial charge in [-0.2, -0.15) is 0 Å². The van der Waals surface area contributed by atoms with Gasteiger partial charge in [-0.3, -0.25) is 0 Å². The lowest BCUT2D eigenvalue weighted by molar-refractivity contribution is 1.18. The fourth-order valence-corrected chi connectivity index (χ4v) is 5.95. The summed E-state index contributed by atoms with van der Waals surface area (Å²) < 4.78 is 0. The second-order valence-corrected chi connectivity index (χ2v) is 11.3. The Bertz CT molecular complexity index is 2220. The number of rotatable bonds is 6. The molecule has 3 nitrogen and oxygen atoms in total. The van der Waals surface area contributed by atoms with Gasteiger partial charge in [0.05, 0.1) is 22.6 Å². The Hall–Kier alpha value is -6.19. The van der Waals surface area contributed by atoms with Crippen LogP contribution in [0.5, 0.6) is 0 Å². The largest absolute Gasteiger partial charge is 0.248 e. The van der Waals surface area contributed by atoms with Crippen LogP contribution in [0.2, 0.25) is 0 Å². The van der Waals surface area contributed by atoms with Crippen molar-refractivity contribution in [3.05, 3.63) is 176 Å². The highest BCUT2D eigenvalue weighted by atomic mass is 14.9. The molecule has 2 aromatic heterocycles. The maximum absolute atomic E-state index is 5.12. The molecule has 216 valence electrons. The van der Waals surface area contributed by atoms with Crippen LogP contribution in [0.25, 0.3) is 78.3 Å². The molecule has 0 atom stereocenters. The highest BCUT2D eigenvalue weighted by Crippen LogP contribution is 2.37. The van der Waals surface area contributed by atoms with Gasteiger partial charge in [0.25, 0.3) is 0 Å². The Kier molecular flexibility index (Phi) is 7.18. The van der Waals surface area contributed by atoms with Gasteiger partial charge in [-0.15, -0.1) is 0 Å². The zero-order valence-electron chi connectivity index (χ0n) is 25.1. The van der Waals surface area contributed by atoms with E-state index < -0.39 is 0 Å². The number of aromatic nitrogens is 3. The smallest absolute Gasteiger partial charge is 0.160 e. The lowest BCUT2D eigenvalue weighted by Crippen LogP contribution is -1.96. The molecule has 0 aliphatic rings. The van der Waals surface area contributed by atoms with Crippen LogP contribution in [-0.2, 0) is 0 Å². The molecule has 0 N–H and O–H groups in total. The minimum atomic E-state index is 0.704. The van der Waals surface area contributed by atoms with E-state index in [1.54, 1.807) is 0 Å². The molecular formula is C43H29N3. The minimum absolute atomic E-state index is 0.704. The third-order valence-corrected chi connectivity index (χ3v) is 8.28. The molecule has 0 fully saturated rings. The Morgan fingerprint density at radius 1 is 0.283 bits per heavy atom. The van der Waals surface area contributed by atoms with Crippen molar-refractivity contribution in [1.29, 1.82) is 0 Å². The summed E-state index contributed by atoms with van der Waals surface area (Å²) in [6, 6.07) is 60.9. The zero-order valence-corrected chi connectivity index (χ0v) is 25.1. The van der Waals surface area contributed by atoms with E-state index >= 15 is 0 Å².